The van der Waals surface area contributed by atoms with Crippen molar-refractivity contribution >= 4 is 22.5 Å². The second kappa shape index (κ2) is 5.53. The summed E-state index contributed by atoms with van der Waals surface area (Å²) in [5, 5.41) is 15.8. The van der Waals surface area contributed by atoms with Gasteiger partial charge >= 0.3 is 0 Å². The minimum Gasteiger partial charge on any atom is -0.346 e. The summed E-state index contributed by atoms with van der Waals surface area (Å²) < 4.78 is 3.87. The lowest BCUT2D eigenvalue weighted by molar-refractivity contribution is 0.387. The molecule has 0 spiro atoms. The van der Waals surface area contributed by atoms with E-state index in [1.54, 1.807) is 11.7 Å². The minimum absolute atomic E-state index is 0.626. The van der Waals surface area contributed by atoms with Gasteiger partial charge in [-0.05, 0) is 48.8 Å². The number of fused-ring (bicyclic) bond motifs is 1. The van der Waals surface area contributed by atoms with E-state index in [-0.39, 0.29) is 0 Å². The summed E-state index contributed by atoms with van der Waals surface area (Å²) in [6, 6.07) is 8.40. The van der Waals surface area contributed by atoms with E-state index >= 15 is 0 Å². The van der Waals surface area contributed by atoms with Crippen molar-refractivity contribution in [1.29, 1.82) is 0 Å². The van der Waals surface area contributed by atoms with Crippen LogP contribution in [0.15, 0.2) is 30.5 Å². The van der Waals surface area contributed by atoms with Crippen molar-refractivity contribution in [2.75, 3.05) is 26.0 Å². The number of nitrogens with one attached hydrogen (secondary N) is 1. The highest BCUT2D eigenvalue weighted by Crippen LogP contribution is 2.22. The first kappa shape index (κ1) is 13.6. The molecule has 0 aliphatic heterocycles. The summed E-state index contributed by atoms with van der Waals surface area (Å²) in [7, 11) is 5.98. The lowest BCUT2D eigenvalue weighted by atomic mass is 10.2. The molecule has 0 bridgehead atoms. The van der Waals surface area contributed by atoms with Gasteiger partial charge in [-0.25, -0.2) is 4.68 Å². The van der Waals surface area contributed by atoms with E-state index < -0.39 is 0 Å². The molecule has 0 saturated heterocycles. The van der Waals surface area contributed by atoms with Gasteiger partial charge in [0, 0.05) is 42.9 Å². The van der Waals surface area contributed by atoms with E-state index in [9.17, 15) is 0 Å². The van der Waals surface area contributed by atoms with Crippen LogP contribution in [0, 0.1) is 0 Å². The molecule has 2 aromatic heterocycles. The predicted molar refractivity (Wildman–Crippen MR) is 82.6 cm³/mol. The molecule has 1 aromatic carbocycles. The summed E-state index contributed by atoms with van der Waals surface area (Å²) in [6.07, 6.45) is 2.13. The maximum absolute atomic E-state index is 3.93. The highest BCUT2D eigenvalue weighted by atomic mass is 15.6. The number of nitrogens with zero attached hydrogens (tertiary/aromatic N) is 6. The molecule has 1 N–H and O–H groups in total. The van der Waals surface area contributed by atoms with Crippen LogP contribution in [-0.2, 0) is 13.6 Å². The van der Waals surface area contributed by atoms with Gasteiger partial charge < -0.3 is 14.8 Å². The largest absolute Gasteiger partial charge is 0.346 e. The third-order valence-corrected chi connectivity index (χ3v) is 3.44. The van der Waals surface area contributed by atoms with E-state index in [4.69, 9.17) is 0 Å². The average molecular weight is 285 g/mol. The summed E-state index contributed by atoms with van der Waals surface area (Å²) in [4.78, 5) is 2.18. The first-order valence-corrected chi connectivity index (χ1v) is 6.86. The molecule has 0 fully saturated rings. The minimum atomic E-state index is 0.626. The van der Waals surface area contributed by atoms with E-state index in [0.717, 1.165) is 18.8 Å². The number of hydrogen-bond acceptors (Lipinski definition) is 5. The highest BCUT2D eigenvalue weighted by molar-refractivity contribution is 5.84. The Labute approximate surface area is 123 Å². The lowest BCUT2D eigenvalue weighted by Gasteiger charge is -2.11. The molecular weight excluding hydrogens is 266 g/mol. The van der Waals surface area contributed by atoms with E-state index in [1.807, 2.05) is 6.07 Å². The van der Waals surface area contributed by atoms with Crippen molar-refractivity contribution in [3.8, 4) is 0 Å². The molecular formula is C14H19N7. The standard InChI is InChI=1S/C14H19N7/c1-19(2)8-9-21-7-6-11-10-12(4-5-13(11)21)15-14-16-17-18-20(14)3/h4-7,10H,8-9H2,1-3H3,(H,15,16,18). The second-order valence-corrected chi connectivity index (χ2v) is 5.34. The van der Waals surface area contributed by atoms with Gasteiger partial charge in [-0.2, -0.15) is 0 Å². The summed E-state index contributed by atoms with van der Waals surface area (Å²) in [5.41, 5.74) is 2.21. The van der Waals surface area contributed by atoms with Crippen molar-refractivity contribution in [3.63, 3.8) is 0 Å². The fourth-order valence-corrected chi connectivity index (χ4v) is 2.25. The first-order valence-electron chi connectivity index (χ1n) is 6.86. The topological polar surface area (TPSA) is 63.8 Å². The molecule has 110 valence electrons. The molecule has 7 heteroatoms. The molecule has 0 aliphatic rings. The van der Waals surface area contributed by atoms with Gasteiger partial charge in [-0.1, -0.05) is 5.10 Å². The van der Waals surface area contributed by atoms with Gasteiger partial charge in [0.2, 0.25) is 5.95 Å². The number of likely N-dealkylation sites (N-methyl/N-ethyl adjacent to an activating group) is 1. The van der Waals surface area contributed by atoms with Gasteiger partial charge in [-0.3, -0.25) is 0 Å². The molecule has 0 aliphatic carbocycles. The van der Waals surface area contributed by atoms with Crippen LogP contribution < -0.4 is 5.32 Å². The third kappa shape index (κ3) is 2.87. The first-order chi connectivity index (χ1) is 10.1. The van der Waals surface area contributed by atoms with E-state index in [0.29, 0.717) is 5.95 Å². The van der Waals surface area contributed by atoms with Crippen LogP contribution in [0.4, 0.5) is 11.6 Å². The second-order valence-electron chi connectivity index (χ2n) is 5.34. The fraction of sp³-hybridized carbons (Fsp3) is 0.357. The number of benzene rings is 1. The summed E-state index contributed by atoms with van der Waals surface area (Å²) in [5.74, 6) is 0.626. The van der Waals surface area contributed by atoms with Crippen molar-refractivity contribution in [2.45, 2.75) is 6.54 Å². The van der Waals surface area contributed by atoms with Crippen molar-refractivity contribution in [2.24, 2.45) is 7.05 Å². The van der Waals surface area contributed by atoms with E-state index in [1.165, 1.54) is 10.9 Å². The van der Waals surface area contributed by atoms with Crippen LogP contribution in [0.3, 0.4) is 0 Å². The Morgan fingerprint density at radius 3 is 2.81 bits per heavy atom. The molecule has 0 radical (unpaired) electrons. The lowest BCUT2D eigenvalue weighted by Crippen LogP contribution is -2.17. The number of aryl methyl sites for hydroxylation is 1. The summed E-state index contributed by atoms with van der Waals surface area (Å²) in [6.45, 7) is 2.00. The quantitative estimate of drug-likeness (QED) is 0.769. The van der Waals surface area contributed by atoms with Crippen LogP contribution >= 0.6 is 0 Å². The predicted octanol–water partition coefficient (Wildman–Crippen LogP) is 1.47. The molecule has 7 nitrogen and oxygen atoms in total. The molecule has 2 heterocycles. The highest BCUT2D eigenvalue weighted by Gasteiger charge is 2.05. The molecule has 21 heavy (non-hydrogen) atoms. The Morgan fingerprint density at radius 1 is 1.24 bits per heavy atom. The van der Waals surface area contributed by atoms with Gasteiger partial charge in [-0.15, -0.1) is 0 Å². The number of aromatic nitrogens is 5. The maximum Gasteiger partial charge on any atom is 0.247 e. The van der Waals surface area contributed by atoms with Crippen LogP contribution in [0.5, 0.6) is 0 Å². The third-order valence-electron chi connectivity index (χ3n) is 3.44. The van der Waals surface area contributed by atoms with Gasteiger partial charge in [0.15, 0.2) is 0 Å². The normalized spacial score (nSPS) is 11.4. The zero-order valence-electron chi connectivity index (χ0n) is 12.5. The molecule has 3 rings (SSSR count). The van der Waals surface area contributed by atoms with Crippen LogP contribution in [0.1, 0.15) is 0 Å². The average Bonchev–Trinajstić information content (AvgIpc) is 3.03. The van der Waals surface area contributed by atoms with Crippen LogP contribution in [0.25, 0.3) is 10.9 Å². The number of tetrazole rings is 1. The molecule has 0 unspecified atom stereocenters. The molecule has 0 atom stereocenters. The Hall–Kier alpha value is -2.41. The monoisotopic (exact) mass is 285 g/mol. The molecule has 0 amide bonds. The Balaban J connectivity index is 1.83. The number of hydrogen-bond donors (Lipinski definition) is 1. The van der Waals surface area contributed by atoms with Gasteiger partial charge in [0.1, 0.15) is 0 Å². The van der Waals surface area contributed by atoms with Crippen LogP contribution in [0.2, 0.25) is 0 Å². The SMILES string of the molecule is CN(C)CCn1ccc2cc(Nc3nnnn3C)ccc21. The smallest absolute Gasteiger partial charge is 0.247 e. The Morgan fingerprint density at radius 2 is 2.10 bits per heavy atom. The Bertz CT molecular complexity index is 741. The zero-order chi connectivity index (χ0) is 14.8. The van der Waals surface area contributed by atoms with Gasteiger partial charge in [0.25, 0.3) is 0 Å². The Kier molecular flexibility index (Phi) is 3.57. The zero-order valence-corrected chi connectivity index (χ0v) is 12.5. The van der Waals surface area contributed by atoms with Crippen molar-refractivity contribution < 1.29 is 0 Å². The van der Waals surface area contributed by atoms with Crippen LogP contribution in [-0.4, -0.2) is 50.3 Å². The van der Waals surface area contributed by atoms with Crippen molar-refractivity contribution in [3.05, 3.63) is 30.5 Å². The fourth-order valence-electron chi connectivity index (χ4n) is 2.25. The maximum atomic E-state index is 3.93. The summed E-state index contributed by atoms with van der Waals surface area (Å²) >= 11 is 0. The van der Waals surface area contributed by atoms with E-state index in [2.05, 4.69) is 68.8 Å². The number of anilines is 2. The van der Waals surface area contributed by atoms with Gasteiger partial charge in [0.05, 0.1) is 0 Å². The molecule has 0 saturated carbocycles. The van der Waals surface area contributed by atoms with Crippen molar-refractivity contribution in [1.82, 2.24) is 29.7 Å². The molecule has 3 aromatic rings. The number of rotatable bonds is 5.